The van der Waals surface area contributed by atoms with Gasteiger partial charge in [-0.3, -0.25) is 4.98 Å². The molecular formula is C9H14N2O2. The number of aromatic nitrogens is 1. The molecule has 72 valence electrons. The average molecular weight is 182 g/mol. The maximum Gasteiger partial charge on any atom is 0.137 e. The van der Waals surface area contributed by atoms with Crippen LogP contribution in [0.15, 0.2) is 18.5 Å². The van der Waals surface area contributed by atoms with E-state index in [2.05, 4.69) is 4.98 Å². The van der Waals surface area contributed by atoms with Crippen LogP contribution >= 0.6 is 0 Å². The van der Waals surface area contributed by atoms with Crippen LogP contribution in [-0.4, -0.2) is 23.3 Å². The molecule has 0 bridgehead atoms. The van der Waals surface area contributed by atoms with Gasteiger partial charge in [-0.2, -0.15) is 0 Å². The molecule has 1 aromatic heterocycles. The molecule has 0 spiro atoms. The maximum atomic E-state index is 8.82. The third-order valence-corrected chi connectivity index (χ3v) is 1.67. The van der Waals surface area contributed by atoms with Crippen molar-refractivity contribution in [1.82, 2.24) is 4.98 Å². The van der Waals surface area contributed by atoms with Crippen molar-refractivity contribution in [2.24, 2.45) is 5.73 Å². The Morgan fingerprint density at radius 3 is 3.00 bits per heavy atom. The highest BCUT2D eigenvalue weighted by Gasteiger charge is 2.05. The van der Waals surface area contributed by atoms with Gasteiger partial charge in [-0.25, -0.2) is 0 Å². The molecule has 0 aliphatic carbocycles. The number of pyridine rings is 1. The van der Waals surface area contributed by atoms with Crippen molar-refractivity contribution < 1.29 is 9.84 Å². The highest BCUT2D eigenvalue weighted by molar-refractivity contribution is 5.25. The van der Waals surface area contributed by atoms with Gasteiger partial charge in [-0.1, -0.05) is 0 Å². The third-order valence-electron chi connectivity index (χ3n) is 1.67. The molecule has 0 aromatic carbocycles. The van der Waals surface area contributed by atoms with Crippen molar-refractivity contribution in [3.63, 3.8) is 0 Å². The van der Waals surface area contributed by atoms with E-state index in [-0.39, 0.29) is 12.6 Å². The number of aliphatic hydroxyl groups is 1. The van der Waals surface area contributed by atoms with Crippen molar-refractivity contribution in [3.05, 3.63) is 24.0 Å². The summed E-state index contributed by atoms with van der Waals surface area (Å²) in [5, 5.41) is 8.82. The molecule has 0 amide bonds. The molecule has 1 heterocycles. The van der Waals surface area contributed by atoms with Gasteiger partial charge in [-0.05, 0) is 18.6 Å². The minimum absolute atomic E-state index is 0.0861. The Balaban J connectivity index is 2.78. The van der Waals surface area contributed by atoms with Crippen LogP contribution < -0.4 is 10.5 Å². The summed E-state index contributed by atoms with van der Waals surface area (Å²) in [6.45, 7) is 2.41. The Morgan fingerprint density at radius 1 is 1.62 bits per heavy atom. The minimum atomic E-state index is -0.382. The molecule has 1 unspecified atom stereocenters. The van der Waals surface area contributed by atoms with Crippen LogP contribution in [0.5, 0.6) is 5.75 Å². The zero-order valence-electron chi connectivity index (χ0n) is 7.60. The molecule has 1 aromatic rings. The van der Waals surface area contributed by atoms with E-state index in [1.165, 1.54) is 0 Å². The fraction of sp³-hybridized carbons (Fsp3) is 0.444. The summed E-state index contributed by atoms with van der Waals surface area (Å²) in [6.07, 6.45) is 3.25. The Kier molecular flexibility index (Phi) is 3.67. The molecule has 0 fully saturated rings. The van der Waals surface area contributed by atoms with Gasteiger partial charge in [-0.15, -0.1) is 0 Å². The summed E-state index contributed by atoms with van der Waals surface area (Å²) in [5.41, 5.74) is 6.40. The molecule has 0 saturated heterocycles. The predicted octanol–water partition coefficient (Wildman–Crippen LogP) is 0.472. The van der Waals surface area contributed by atoms with Gasteiger partial charge < -0.3 is 15.6 Å². The summed E-state index contributed by atoms with van der Waals surface area (Å²) in [7, 11) is 0. The molecule has 1 atom stereocenters. The SMILES string of the molecule is CCOc1cncc(C(N)CO)c1. The second kappa shape index (κ2) is 4.79. The molecule has 0 aliphatic heterocycles. The number of aliphatic hydroxyl groups excluding tert-OH is 1. The topological polar surface area (TPSA) is 68.4 Å². The Morgan fingerprint density at radius 2 is 2.38 bits per heavy atom. The number of nitrogens with two attached hydrogens (primary N) is 1. The fourth-order valence-electron chi connectivity index (χ4n) is 0.989. The molecule has 0 radical (unpaired) electrons. The first-order valence-electron chi connectivity index (χ1n) is 4.22. The predicted molar refractivity (Wildman–Crippen MR) is 49.4 cm³/mol. The van der Waals surface area contributed by atoms with Gasteiger partial charge in [0.05, 0.1) is 25.5 Å². The standard InChI is InChI=1S/C9H14N2O2/c1-2-13-8-3-7(4-11-5-8)9(10)6-12/h3-5,9,12H,2,6,10H2,1H3. The molecule has 4 nitrogen and oxygen atoms in total. The largest absolute Gasteiger partial charge is 0.492 e. The van der Waals surface area contributed by atoms with Gasteiger partial charge in [0, 0.05) is 6.20 Å². The lowest BCUT2D eigenvalue weighted by Crippen LogP contribution is -2.14. The summed E-state index contributed by atoms with van der Waals surface area (Å²) in [5.74, 6) is 0.684. The highest BCUT2D eigenvalue weighted by atomic mass is 16.5. The fourth-order valence-corrected chi connectivity index (χ4v) is 0.989. The van der Waals surface area contributed by atoms with Crippen LogP contribution in [0, 0.1) is 0 Å². The average Bonchev–Trinajstić information content (AvgIpc) is 2.18. The highest BCUT2D eigenvalue weighted by Crippen LogP contribution is 2.15. The van der Waals surface area contributed by atoms with E-state index in [4.69, 9.17) is 15.6 Å². The van der Waals surface area contributed by atoms with Crippen LogP contribution in [0.4, 0.5) is 0 Å². The monoisotopic (exact) mass is 182 g/mol. The Hall–Kier alpha value is -1.13. The van der Waals surface area contributed by atoms with E-state index < -0.39 is 0 Å². The lowest BCUT2D eigenvalue weighted by molar-refractivity contribution is 0.267. The third kappa shape index (κ3) is 2.68. The van der Waals surface area contributed by atoms with Crippen molar-refractivity contribution in [2.75, 3.05) is 13.2 Å². The summed E-state index contributed by atoms with van der Waals surface area (Å²) in [6, 6.07) is 1.41. The zero-order chi connectivity index (χ0) is 9.68. The van der Waals surface area contributed by atoms with Crippen molar-refractivity contribution in [1.29, 1.82) is 0 Å². The number of hydrogen-bond acceptors (Lipinski definition) is 4. The molecule has 3 N–H and O–H groups in total. The van der Waals surface area contributed by atoms with E-state index in [9.17, 15) is 0 Å². The maximum absolute atomic E-state index is 8.82. The molecule has 4 heteroatoms. The van der Waals surface area contributed by atoms with E-state index in [1.807, 2.05) is 6.92 Å². The first-order valence-corrected chi connectivity index (χ1v) is 4.22. The van der Waals surface area contributed by atoms with Crippen LogP contribution in [0.2, 0.25) is 0 Å². The molecule has 13 heavy (non-hydrogen) atoms. The van der Waals surface area contributed by atoms with Gasteiger partial charge >= 0.3 is 0 Å². The van der Waals surface area contributed by atoms with E-state index in [0.29, 0.717) is 12.4 Å². The number of rotatable bonds is 4. The molecular weight excluding hydrogens is 168 g/mol. The first kappa shape index (κ1) is 9.95. The Bertz CT molecular complexity index is 266. The lowest BCUT2D eigenvalue weighted by Gasteiger charge is -2.09. The number of hydrogen-bond donors (Lipinski definition) is 2. The zero-order valence-corrected chi connectivity index (χ0v) is 7.60. The Labute approximate surface area is 77.4 Å². The first-order chi connectivity index (χ1) is 6.27. The summed E-state index contributed by atoms with van der Waals surface area (Å²) < 4.78 is 5.24. The van der Waals surface area contributed by atoms with Gasteiger partial charge in [0.15, 0.2) is 0 Å². The molecule has 1 rings (SSSR count). The van der Waals surface area contributed by atoms with Crippen LogP contribution in [0.1, 0.15) is 18.5 Å². The van der Waals surface area contributed by atoms with Crippen molar-refractivity contribution in [3.8, 4) is 5.75 Å². The lowest BCUT2D eigenvalue weighted by atomic mass is 10.1. The molecule has 0 saturated carbocycles. The van der Waals surface area contributed by atoms with E-state index in [0.717, 1.165) is 5.56 Å². The quantitative estimate of drug-likeness (QED) is 0.710. The summed E-state index contributed by atoms with van der Waals surface area (Å²) >= 11 is 0. The summed E-state index contributed by atoms with van der Waals surface area (Å²) in [4.78, 5) is 3.96. The normalized spacial score (nSPS) is 12.5. The minimum Gasteiger partial charge on any atom is -0.492 e. The van der Waals surface area contributed by atoms with E-state index >= 15 is 0 Å². The smallest absolute Gasteiger partial charge is 0.137 e. The number of ether oxygens (including phenoxy) is 1. The van der Waals surface area contributed by atoms with Gasteiger partial charge in [0.1, 0.15) is 5.75 Å². The molecule has 0 aliphatic rings. The van der Waals surface area contributed by atoms with Gasteiger partial charge in [0.25, 0.3) is 0 Å². The second-order valence-electron chi connectivity index (χ2n) is 2.68. The van der Waals surface area contributed by atoms with Crippen LogP contribution in [0.3, 0.4) is 0 Å². The van der Waals surface area contributed by atoms with Crippen molar-refractivity contribution in [2.45, 2.75) is 13.0 Å². The second-order valence-corrected chi connectivity index (χ2v) is 2.68. The van der Waals surface area contributed by atoms with Gasteiger partial charge in [0.2, 0.25) is 0 Å². The van der Waals surface area contributed by atoms with Crippen molar-refractivity contribution >= 4 is 0 Å². The van der Waals surface area contributed by atoms with E-state index in [1.54, 1.807) is 18.5 Å². The van der Waals surface area contributed by atoms with Crippen LogP contribution in [-0.2, 0) is 0 Å². The van der Waals surface area contributed by atoms with Crippen LogP contribution in [0.25, 0.3) is 0 Å². The number of nitrogens with zero attached hydrogens (tertiary/aromatic N) is 1.